The molecule has 0 bridgehead atoms. The van der Waals surface area contributed by atoms with Gasteiger partial charge < -0.3 is 15.3 Å². The Balaban J connectivity index is 0.000000218. The van der Waals surface area contributed by atoms with Crippen molar-refractivity contribution in [2.75, 3.05) is 0 Å². The fourth-order valence-corrected chi connectivity index (χ4v) is 1.42. The number of hydrogen-bond donors (Lipinski definition) is 3. The summed E-state index contributed by atoms with van der Waals surface area (Å²) in [4.78, 5) is 0. The molecule has 19 heavy (non-hydrogen) atoms. The van der Waals surface area contributed by atoms with Gasteiger partial charge in [0.05, 0.1) is 0 Å². The molecule has 0 atom stereocenters. The second kappa shape index (κ2) is 6.14. The van der Waals surface area contributed by atoms with Crippen LogP contribution >= 0.6 is 0 Å². The lowest BCUT2D eigenvalue weighted by molar-refractivity contribution is 0.401. The van der Waals surface area contributed by atoms with Crippen LogP contribution in [0.5, 0.6) is 17.2 Å². The average Bonchev–Trinajstić information content (AvgIpc) is 2.33. The van der Waals surface area contributed by atoms with Crippen molar-refractivity contribution in [1.29, 1.82) is 0 Å². The van der Waals surface area contributed by atoms with Gasteiger partial charge in [-0.15, -0.1) is 0 Å². The molecule has 2 aromatic rings. The van der Waals surface area contributed by atoms with Crippen molar-refractivity contribution in [3.8, 4) is 17.2 Å². The summed E-state index contributed by atoms with van der Waals surface area (Å²) in [6, 6.07) is 13.6. The molecule has 0 amide bonds. The first-order valence-corrected chi connectivity index (χ1v) is 6.07. The molecule has 102 valence electrons. The second-order valence-electron chi connectivity index (χ2n) is 5.29. The molecule has 0 radical (unpaired) electrons. The van der Waals surface area contributed by atoms with E-state index in [1.165, 1.54) is 6.07 Å². The van der Waals surface area contributed by atoms with E-state index in [0.29, 0.717) is 5.75 Å². The van der Waals surface area contributed by atoms with Gasteiger partial charge in [0.2, 0.25) is 0 Å². The summed E-state index contributed by atoms with van der Waals surface area (Å²) < 4.78 is 0. The Morgan fingerprint density at radius 1 is 0.737 bits per heavy atom. The van der Waals surface area contributed by atoms with Gasteiger partial charge in [-0.2, -0.15) is 0 Å². The number of hydrogen-bond acceptors (Lipinski definition) is 3. The highest BCUT2D eigenvalue weighted by molar-refractivity contribution is 5.42. The maximum Gasteiger partial charge on any atom is 0.157 e. The first kappa shape index (κ1) is 14.9. The van der Waals surface area contributed by atoms with Crippen molar-refractivity contribution >= 4 is 0 Å². The van der Waals surface area contributed by atoms with Gasteiger partial charge in [-0.3, -0.25) is 0 Å². The highest BCUT2D eigenvalue weighted by Crippen LogP contribution is 2.30. The lowest BCUT2D eigenvalue weighted by atomic mass is 9.87. The van der Waals surface area contributed by atoms with Crippen LogP contribution < -0.4 is 0 Å². The van der Waals surface area contributed by atoms with Crippen molar-refractivity contribution in [2.45, 2.75) is 26.2 Å². The van der Waals surface area contributed by atoms with Gasteiger partial charge in [0.15, 0.2) is 11.5 Å². The van der Waals surface area contributed by atoms with Crippen LogP contribution in [0.15, 0.2) is 48.5 Å². The molecule has 0 aromatic heterocycles. The molecule has 0 fully saturated rings. The Morgan fingerprint density at radius 3 is 1.68 bits per heavy atom. The van der Waals surface area contributed by atoms with Crippen LogP contribution in [-0.4, -0.2) is 15.3 Å². The summed E-state index contributed by atoms with van der Waals surface area (Å²) in [5.41, 5.74) is 1.02. The summed E-state index contributed by atoms with van der Waals surface area (Å²) in [6.45, 7) is 6.16. The molecular weight excluding hydrogens is 240 g/mol. The highest BCUT2D eigenvalue weighted by atomic mass is 16.3. The lowest BCUT2D eigenvalue weighted by Gasteiger charge is -2.19. The SMILES string of the molecule is CC(C)(C)c1ccc(O)c(O)c1.Oc1ccccc1. The van der Waals surface area contributed by atoms with Crippen molar-refractivity contribution in [2.24, 2.45) is 0 Å². The summed E-state index contributed by atoms with van der Waals surface area (Å²) in [6.07, 6.45) is 0. The zero-order chi connectivity index (χ0) is 14.5. The maximum absolute atomic E-state index is 9.21. The van der Waals surface area contributed by atoms with Crippen molar-refractivity contribution in [1.82, 2.24) is 0 Å². The molecule has 0 heterocycles. The molecular formula is C16H20O3. The molecule has 2 rings (SSSR count). The second-order valence-corrected chi connectivity index (χ2v) is 5.29. The summed E-state index contributed by atoms with van der Waals surface area (Å²) in [5.74, 6) is 0.202. The van der Waals surface area contributed by atoms with E-state index < -0.39 is 0 Å². The fraction of sp³-hybridized carbons (Fsp3) is 0.250. The minimum atomic E-state index is -0.0667. The summed E-state index contributed by atoms with van der Waals surface area (Å²) >= 11 is 0. The molecule has 3 nitrogen and oxygen atoms in total. The van der Waals surface area contributed by atoms with E-state index in [0.717, 1.165) is 5.56 Å². The molecule has 0 spiro atoms. The quantitative estimate of drug-likeness (QED) is 0.632. The van der Waals surface area contributed by atoms with E-state index in [9.17, 15) is 5.11 Å². The van der Waals surface area contributed by atoms with Crippen molar-refractivity contribution in [3.05, 3.63) is 54.1 Å². The van der Waals surface area contributed by atoms with Crippen molar-refractivity contribution < 1.29 is 15.3 Å². The van der Waals surface area contributed by atoms with Crippen LogP contribution in [0, 0.1) is 0 Å². The predicted molar refractivity (Wildman–Crippen MR) is 76.6 cm³/mol. The van der Waals surface area contributed by atoms with E-state index in [4.69, 9.17) is 10.2 Å². The van der Waals surface area contributed by atoms with Crippen LogP contribution in [0.1, 0.15) is 26.3 Å². The molecule has 3 N–H and O–H groups in total. The Morgan fingerprint density at radius 2 is 1.32 bits per heavy atom. The predicted octanol–water partition coefficient (Wildman–Crippen LogP) is 3.79. The molecule has 0 saturated heterocycles. The zero-order valence-electron chi connectivity index (χ0n) is 11.5. The Labute approximate surface area is 113 Å². The third kappa shape index (κ3) is 4.92. The number of phenolic OH excluding ortho intramolecular Hbond substituents is 3. The highest BCUT2D eigenvalue weighted by Gasteiger charge is 2.14. The smallest absolute Gasteiger partial charge is 0.157 e. The van der Waals surface area contributed by atoms with Gasteiger partial charge in [0.1, 0.15) is 5.75 Å². The van der Waals surface area contributed by atoms with E-state index in [1.54, 1.807) is 30.3 Å². The molecule has 0 aliphatic rings. The van der Waals surface area contributed by atoms with Gasteiger partial charge in [-0.05, 0) is 35.2 Å². The Kier molecular flexibility index (Phi) is 4.81. The third-order valence-corrected chi connectivity index (χ3v) is 2.60. The largest absolute Gasteiger partial charge is 0.508 e. The van der Waals surface area contributed by atoms with Crippen LogP contribution in [-0.2, 0) is 5.41 Å². The monoisotopic (exact) mass is 260 g/mol. The normalized spacial score (nSPS) is 10.5. The number of benzene rings is 2. The number of phenols is 3. The summed E-state index contributed by atoms with van der Waals surface area (Å²) in [5, 5.41) is 26.9. The third-order valence-electron chi connectivity index (χ3n) is 2.60. The minimum Gasteiger partial charge on any atom is -0.508 e. The molecule has 2 aromatic carbocycles. The van der Waals surface area contributed by atoms with E-state index >= 15 is 0 Å². The first-order chi connectivity index (χ1) is 8.80. The van der Waals surface area contributed by atoms with E-state index in [1.807, 2.05) is 12.1 Å². The Bertz CT molecular complexity index is 513. The van der Waals surface area contributed by atoms with Crippen LogP contribution in [0.3, 0.4) is 0 Å². The molecule has 0 unspecified atom stereocenters. The molecule has 0 aliphatic carbocycles. The van der Waals surface area contributed by atoms with Gasteiger partial charge in [0.25, 0.3) is 0 Å². The van der Waals surface area contributed by atoms with Crippen LogP contribution in [0.4, 0.5) is 0 Å². The van der Waals surface area contributed by atoms with Gasteiger partial charge in [-0.25, -0.2) is 0 Å². The van der Waals surface area contributed by atoms with Gasteiger partial charge in [0, 0.05) is 0 Å². The zero-order valence-corrected chi connectivity index (χ0v) is 11.5. The number of para-hydroxylation sites is 1. The van der Waals surface area contributed by atoms with Gasteiger partial charge >= 0.3 is 0 Å². The van der Waals surface area contributed by atoms with E-state index in [2.05, 4.69) is 20.8 Å². The topological polar surface area (TPSA) is 60.7 Å². The summed E-state index contributed by atoms with van der Waals surface area (Å²) in [7, 11) is 0. The maximum atomic E-state index is 9.21. The van der Waals surface area contributed by atoms with Crippen molar-refractivity contribution in [3.63, 3.8) is 0 Å². The standard InChI is InChI=1S/C10H14O2.C6H6O/c1-10(2,3)7-4-5-8(11)9(12)6-7;7-6-4-2-1-3-5-6/h4-6,11-12H,1-3H3;1-5,7H. The molecule has 3 heteroatoms. The fourth-order valence-electron chi connectivity index (χ4n) is 1.42. The Hall–Kier alpha value is -2.16. The molecule has 0 aliphatic heterocycles. The minimum absolute atomic E-state index is 0.00514. The molecule has 0 saturated carbocycles. The number of aromatic hydroxyl groups is 3. The van der Waals surface area contributed by atoms with Crippen LogP contribution in [0.25, 0.3) is 0 Å². The number of rotatable bonds is 0. The lowest BCUT2D eigenvalue weighted by Crippen LogP contribution is -2.10. The first-order valence-electron chi connectivity index (χ1n) is 6.07. The van der Waals surface area contributed by atoms with E-state index in [-0.39, 0.29) is 16.9 Å². The average molecular weight is 260 g/mol. The van der Waals surface area contributed by atoms with Gasteiger partial charge in [-0.1, -0.05) is 45.0 Å². The van der Waals surface area contributed by atoms with Crippen LogP contribution in [0.2, 0.25) is 0 Å².